The number of esters is 1. The molecule has 4 atom stereocenters. The van der Waals surface area contributed by atoms with E-state index in [0.29, 0.717) is 17.7 Å². The van der Waals surface area contributed by atoms with Crippen LogP contribution in [0.2, 0.25) is 0 Å². The lowest BCUT2D eigenvalue weighted by atomic mass is 10.0. The first-order chi connectivity index (χ1) is 17.5. The van der Waals surface area contributed by atoms with Crippen LogP contribution in [-0.2, 0) is 23.9 Å². The molecular weight excluding hydrogens is 494 g/mol. The Bertz CT molecular complexity index is 920. The van der Waals surface area contributed by atoms with E-state index >= 15 is 0 Å². The van der Waals surface area contributed by atoms with Crippen LogP contribution in [0.1, 0.15) is 65.5 Å². The standard InChI is InChI=1S/C27H41N3O6S/c1-7-35-22(31)13-15-28-24(32)23(19-11-9-8-10-12-19)30(21-17-18(21)2)25(33)20(14-16-37-6)29-26(34)36-27(3,4)5/h8-12,18,20-21,23H,7,13-17H2,1-6H3,(H,28,32)(H,29,34). The molecule has 37 heavy (non-hydrogen) atoms. The van der Waals surface area contributed by atoms with Gasteiger partial charge in [-0.25, -0.2) is 4.79 Å². The van der Waals surface area contributed by atoms with Gasteiger partial charge < -0.3 is 25.0 Å². The third-order valence-electron chi connectivity index (χ3n) is 5.85. The fourth-order valence-electron chi connectivity index (χ4n) is 3.99. The summed E-state index contributed by atoms with van der Waals surface area (Å²) < 4.78 is 10.4. The predicted octanol–water partition coefficient (Wildman–Crippen LogP) is 3.68. The Labute approximate surface area is 224 Å². The second-order valence-corrected chi connectivity index (χ2v) is 11.2. The summed E-state index contributed by atoms with van der Waals surface area (Å²) in [6.07, 6.45) is 2.44. The molecule has 0 aliphatic heterocycles. The maximum Gasteiger partial charge on any atom is 0.408 e. The van der Waals surface area contributed by atoms with Crippen molar-refractivity contribution >= 4 is 35.6 Å². The SMILES string of the molecule is CCOC(=O)CCNC(=O)C(c1ccccc1)N(C(=O)C(CCSC)NC(=O)OC(C)(C)C)C1CC1C. The van der Waals surface area contributed by atoms with Gasteiger partial charge >= 0.3 is 12.1 Å². The van der Waals surface area contributed by atoms with Crippen molar-refractivity contribution in [2.75, 3.05) is 25.2 Å². The van der Waals surface area contributed by atoms with Gasteiger partial charge in [-0.1, -0.05) is 37.3 Å². The Hall–Kier alpha value is -2.75. The first-order valence-electron chi connectivity index (χ1n) is 12.8. The monoisotopic (exact) mass is 535 g/mol. The predicted molar refractivity (Wildman–Crippen MR) is 144 cm³/mol. The van der Waals surface area contributed by atoms with Crippen molar-refractivity contribution in [1.29, 1.82) is 0 Å². The van der Waals surface area contributed by atoms with E-state index in [9.17, 15) is 19.2 Å². The second-order valence-electron chi connectivity index (χ2n) is 10.2. The van der Waals surface area contributed by atoms with E-state index in [4.69, 9.17) is 9.47 Å². The lowest BCUT2D eigenvalue weighted by Gasteiger charge is -2.35. The van der Waals surface area contributed by atoms with Crippen LogP contribution in [0.25, 0.3) is 0 Å². The van der Waals surface area contributed by atoms with Gasteiger partial charge in [-0.2, -0.15) is 11.8 Å². The first kappa shape index (κ1) is 30.5. The Balaban J connectivity index is 2.35. The minimum Gasteiger partial charge on any atom is -0.466 e. The van der Waals surface area contributed by atoms with Gasteiger partial charge in [0.25, 0.3) is 0 Å². The molecule has 1 fully saturated rings. The molecule has 0 radical (unpaired) electrons. The highest BCUT2D eigenvalue weighted by Gasteiger charge is 2.48. The maximum atomic E-state index is 14.1. The highest BCUT2D eigenvalue weighted by molar-refractivity contribution is 7.98. The Morgan fingerprint density at radius 3 is 2.35 bits per heavy atom. The summed E-state index contributed by atoms with van der Waals surface area (Å²) >= 11 is 1.57. The lowest BCUT2D eigenvalue weighted by Crippen LogP contribution is -2.54. The van der Waals surface area contributed by atoms with Crippen molar-refractivity contribution in [3.8, 4) is 0 Å². The van der Waals surface area contributed by atoms with Crippen LogP contribution in [0.4, 0.5) is 4.79 Å². The largest absolute Gasteiger partial charge is 0.466 e. The zero-order chi connectivity index (χ0) is 27.6. The summed E-state index contributed by atoms with van der Waals surface area (Å²) in [5.41, 5.74) is -0.0581. The number of hydrogen-bond acceptors (Lipinski definition) is 7. The molecule has 3 amide bonds. The van der Waals surface area contributed by atoms with E-state index in [1.807, 2.05) is 31.4 Å². The van der Waals surface area contributed by atoms with E-state index < -0.39 is 29.7 Å². The molecule has 10 heteroatoms. The molecule has 2 rings (SSSR count). The molecule has 1 aliphatic rings. The molecule has 0 bridgehead atoms. The molecule has 0 spiro atoms. The van der Waals surface area contributed by atoms with Gasteiger partial charge in [-0.05, 0) is 64.0 Å². The second kappa shape index (κ2) is 14.3. The van der Waals surface area contributed by atoms with E-state index in [-0.39, 0.29) is 43.3 Å². The molecular formula is C27H41N3O6S. The van der Waals surface area contributed by atoms with E-state index in [1.165, 1.54) is 0 Å². The number of benzene rings is 1. The Morgan fingerprint density at radius 1 is 1.16 bits per heavy atom. The van der Waals surface area contributed by atoms with Gasteiger partial charge in [0, 0.05) is 12.6 Å². The number of nitrogens with one attached hydrogen (secondary N) is 2. The van der Waals surface area contributed by atoms with Crippen LogP contribution in [-0.4, -0.2) is 71.6 Å². The average molecular weight is 536 g/mol. The third-order valence-corrected chi connectivity index (χ3v) is 6.50. The van der Waals surface area contributed by atoms with Crippen LogP contribution >= 0.6 is 11.8 Å². The van der Waals surface area contributed by atoms with Crippen molar-refractivity contribution in [1.82, 2.24) is 15.5 Å². The van der Waals surface area contributed by atoms with E-state index in [2.05, 4.69) is 10.6 Å². The number of thioether (sulfide) groups is 1. The minimum atomic E-state index is -0.914. The maximum absolute atomic E-state index is 14.1. The van der Waals surface area contributed by atoms with Crippen LogP contribution in [0.15, 0.2) is 30.3 Å². The smallest absolute Gasteiger partial charge is 0.408 e. The molecule has 4 unspecified atom stereocenters. The van der Waals surface area contributed by atoms with Crippen LogP contribution in [0.5, 0.6) is 0 Å². The van der Waals surface area contributed by atoms with Crippen molar-refractivity contribution in [3.05, 3.63) is 35.9 Å². The number of ether oxygens (including phenoxy) is 2. The molecule has 1 aromatic rings. The molecule has 9 nitrogen and oxygen atoms in total. The van der Waals surface area contributed by atoms with E-state index in [1.54, 1.807) is 56.5 Å². The minimum absolute atomic E-state index is 0.0331. The molecule has 2 N–H and O–H groups in total. The fraction of sp³-hybridized carbons (Fsp3) is 0.630. The lowest BCUT2D eigenvalue weighted by molar-refractivity contribution is -0.145. The van der Waals surface area contributed by atoms with Gasteiger partial charge in [0.15, 0.2) is 0 Å². The van der Waals surface area contributed by atoms with Crippen molar-refractivity contribution in [2.45, 2.75) is 77.6 Å². The number of hydrogen-bond donors (Lipinski definition) is 2. The molecule has 1 saturated carbocycles. The highest BCUT2D eigenvalue weighted by atomic mass is 32.2. The van der Waals surface area contributed by atoms with Crippen LogP contribution in [0, 0.1) is 5.92 Å². The molecule has 206 valence electrons. The van der Waals surface area contributed by atoms with Crippen molar-refractivity contribution in [3.63, 3.8) is 0 Å². The third kappa shape index (κ3) is 9.91. The van der Waals surface area contributed by atoms with Crippen LogP contribution in [0.3, 0.4) is 0 Å². The van der Waals surface area contributed by atoms with Gasteiger partial charge in [-0.3, -0.25) is 14.4 Å². The number of nitrogens with zero attached hydrogens (tertiary/aromatic N) is 1. The highest BCUT2D eigenvalue weighted by Crippen LogP contribution is 2.40. The zero-order valence-corrected chi connectivity index (χ0v) is 23.6. The van der Waals surface area contributed by atoms with Gasteiger partial charge in [-0.15, -0.1) is 0 Å². The van der Waals surface area contributed by atoms with Gasteiger partial charge in [0.05, 0.1) is 13.0 Å². The van der Waals surface area contributed by atoms with Crippen molar-refractivity contribution < 1.29 is 28.7 Å². The molecule has 0 saturated heterocycles. The fourth-order valence-corrected chi connectivity index (χ4v) is 4.46. The summed E-state index contributed by atoms with van der Waals surface area (Å²) in [5.74, 6) is -0.263. The van der Waals surface area contributed by atoms with E-state index in [0.717, 1.165) is 6.42 Å². The first-order valence-corrected chi connectivity index (χ1v) is 14.2. The topological polar surface area (TPSA) is 114 Å². The molecule has 1 aromatic carbocycles. The Kier molecular flexibility index (Phi) is 11.7. The number of amides is 3. The summed E-state index contributed by atoms with van der Waals surface area (Å²) in [6, 6.07) is 7.18. The molecule has 0 heterocycles. The average Bonchev–Trinajstić information content (AvgIpc) is 3.54. The number of carbonyl (C=O) groups excluding carboxylic acids is 4. The number of rotatable bonds is 13. The summed E-state index contributed by atoms with van der Waals surface area (Å²) in [4.78, 5) is 53.6. The molecule has 0 aromatic heterocycles. The van der Waals surface area contributed by atoms with Gasteiger partial charge in [0.1, 0.15) is 17.7 Å². The summed E-state index contributed by atoms with van der Waals surface area (Å²) in [7, 11) is 0. The van der Waals surface area contributed by atoms with Crippen LogP contribution < -0.4 is 10.6 Å². The summed E-state index contributed by atoms with van der Waals surface area (Å²) in [5, 5.41) is 5.55. The van der Waals surface area contributed by atoms with Gasteiger partial charge in [0.2, 0.25) is 11.8 Å². The number of carbonyl (C=O) groups is 4. The summed E-state index contributed by atoms with van der Waals surface area (Å²) in [6.45, 7) is 9.39. The van der Waals surface area contributed by atoms with Crippen molar-refractivity contribution in [2.24, 2.45) is 5.92 Å². The zero-order valence-electron chi connectivity index (χ0n) is 22.7. The quantitative estimate of drug-likeness (QED) is 0.370. The normalized spacial score (nSPS) is 18.2. The number of alkyl carbamates (subject to hydrolysis) is 1. The Morgan fingerprint density at radius 2 is 1.81 bits per heavy atom. The molecule has 1 aliphatic carbocycles.